The monoisotopic (exact) mass is 601 g/mol. The highest BCUT2D eigenvalue weighted by Crippen LogP contribution is 2.22. The van der Waals surface area contributed by atoms with Crippen LogP contribution >= 0.6 is 0 Å². The number of anilines is 1. The molecule has 0 fully saturated rings. The lowest BCUT2D eigenvalue weighted by atomic mass is 9.99. The van der Waals surface area contributed by atoms with E-state index in [1.165, 1.54) is 6.07 Å². The quantitative estimate of drug-likeness (QED) is 0.135. The summed E-state index contributed by atoms with van der Waals surface area (Å²) in [7, 11) is -1.40. The third kappa shape index (κ3) is 7.89. The van der Waals surface area contributed by atoms with Crippen molar-refractivity contribution in [2.45, 2.75) is 49.9 Å². The minimum atomic E-state index is -1.40. The van der Waals surface area contributed by atoms with Crippen LogP contribution in [0.15, 0.2) is 105 Å². The zero-order valence-electron chi connectivity index (χ0n) is 24.0. The van der Waals surface area contributed by atoms with E-state index in [0.717, 1.165) is 29.4 Å². The van der Waals surface area contributed by atoms with Crippen LogP contribution in [0, 0.1) is 0 Å². The van der Waals surface area contributed by atoms with Gasteiger partial charge in [0.1, 0.15) is 11.0 Å². The predicted molar refractivity (Wildman–Crippen MR) is 167 cm³/mol. The van der Waals surface area contributed by atoms with Crippen molar-refractivity contribution in [1.82, 2.24) is 20.4 Å². The number of nitrogens with one attached hydrogen (secondary N) is 4. The molecule has 5 rings (SSSR count). The summed E-state index contributed by atoms with van der Waals surface area (Å²) in [6.07, 6.45) is 2.06. The smallest absolute Gasteiger partial charge is 0.357 e. The van der Waals surface area contributed by atoms with Gasteiger partial charge >= 0.3 is 5.63 Å². The fourth-order valence-corrected chi connectivity index (χ4v) is 5.58. The average Bonchev–Trinajstić information content (AvgIpc) is 3.63. The number of benzene rings is 3. The van der Waals surface area contributed by atoms with E-state index >= 15 is 0 Å². The second kappa shape index (κ2) is 13.2. The lowest BCUT2D eigenvalue weighted by Gasteiger charge is -2.28. The average molecular weight is 602 g/mol. The van der Waals surface area contributed by atoms with E-state index in [1.54, 1.807) is 18.2 Å². The van der Waals surface area contributed by atoms with Crippen LogP contribution in [-0.4, -0.2) is 37.0 Å². The van der Waals surface area contributed by atoms with Gasteiger partial charge in [-0.2, -0.15) is 0 Å². The molecule has 0 saturated carbocycles. The van der Waals surface area contributed by atoms with E-state index in [0.29, 0.717) is 28.4 Å². The van der Waals surface area contributed by atoms with Gasteiger partial charge in [0.25, 0.3) is 5.91 Å². The van der Waals surface area contributed by atoms with Gasteiger partial charge in [-0.15, -0.1) is 0 Å². The van der Waals surface area contributed by atoms with Gasteiger partial charge in [-0.05, 0) is 74.4 Å². The molecule has 2 aromatic heterocycles. The zero-order chi connectivity index (χ0) is 30.4. The standard InChI is InChI=1S/C32H35N5O5S/c1-32(2,34-21-29(38)23-7-6-8-25(18-23)36-43(41)27-9-4-3-5-10-27)14-16-37-15-13-22-17-24(11-12-28(22)37)31(40)33-20-26-19-30(39)42-35-26/h3-13,15,17-19,29,34-36,38H,14,16,20-21H2,1-2H3,(H,33,40). The molecule has 2 heterocycles. The highest BCUT2D eigenvalue weighted by atomic mass is 32.2. The van der Waals surface area contributed by atoms with Crippen LogP contribution in [0.3, 0.4) is 0 Å². The molecule has 0 aliphatic carbocycles. The molecule has 2 unspecified atom stereocenters. The Morgan fingerprint density at radius 3 is 2.63 bits per heavy atom. The van der Waals surface area contributed by atoms with E-state index < -0.39 is 22.7 Å². The molecule has 0 spiro atoms. The second-order valence-electron chi connectivity index (χ2n) is 11.0. The summed E-state index contributed by atoms with van der Waals surface area (Å²) >= 11 is 0. The number of aliphatic hydroxyl groups is 1. The summed E-state index contributed by atoms with van der Waals surface area (Å²) in [4.78, 5) is 24.4. The maximum atomic E-state index is 12.6. The predicted octanol–water partition coefficient (Wildman–Crippen LogP) is 4.48. The van der Waals surface area contributed by atoms with Crippen LogP contribution in [0.4, 0.5) is 5.69 Å². The van der Waals surface area contributed by atoms with Crippen LogP contribution in [0.25, 0.3) is 10.9 Å². The summed E-state index contributed by atoms with van der Waals surface area (Å²) in [5.74, 6) is -0.244. The minimum Gasteiger partial charge on any atom is -0.387 e. The summed E-state index contributed by atoms with van der Waals surface area (Å²) in [5.41, 5.74) is 2.69. The maximum absolute atomic E-state index is 12.6. The highest BCUT2D eigenvalue weighted by molar-refractivity contribution is 7.86. The Hall–Kier alpha value is -4.45. The Labute approximate surface area is 251 Å². The number of amides is 1. The molecule has 10 nitrogen and oxygen atoms in total. The molecule has 0 saturated heterocycles. The Kier molecular flexibility index (Phi) is 9.24. The lowest BCUT2D eigenvalue weighted by Crippen LogP contribution is -2.42. The van der Waals surface area contributed by atoms with Crippen molar-refractivity contribution < 1.29 is 18.6 Å². The lowest BCUT2D eigenvalue weighted by molar-refractivity contribution is 0.0950. The SMILES string of the molecule is CC(C)(CCn1ccc2cc(C(=O)NCc3cc(=O)o[nH]3)ccc21)NCC(O)c1cccc(NS(=O)c2ccccc2)c1. The number of carbonyl (C=O) groups excluding carboxylic acids is 1. The van der Waals surface area contributed by atoms with E-state index in [4.69, 9.17) is 0 Å². The van der Waals surface area contributed by atoms with Gasteiger partial charge in [0, 0.05) is 53.0 Å². The Bertz CT molecular complexity index is 1780. The summed E-state index contributed by atoms with van der Waals surface area (Å²) in [6, 6.07) is 25.3. The van der Waals surface area contributed by atoms with Crippen molar-refractivity contribution in [3.8, 4) is 0 Å². The number of aromatic nitrogens is 2. The van der Waals surface area contributed by atoms with Gasteiger partial charge in [-0.25, -0.2) is 14.2 Å². The molecule has 0 aliphatic heterocycles. The fraction of sp³-hybridized carbons (Fsp3) is 0.250. The van der Waals surface area contributed by atoms with Gasteiger partial charge in [-0.3, -0.25) is 4.79 Å². The van der Waals surface area contributed by atoms with Crippen LogP contribution in [-0.2, 0) is 24.1 Å². The van der Waals surface area contributed by atoms with Gasteiger partial charge in [-0.1, -0.05) is 30.3 Å². The number of β-amino-alcohol motifs (C(OH)–C–C–N with tert-alkyl or cyclic N) is 1. The topological polar surface area (TPSA) is 141 Å². The number of H-pyrrole nitrogens is 1. The fourth-order valence-electron chi connectivity index (χ4n) is 4.72. The molecule has 0 bridgehead atoms. The highest BCUT2D eigenvalue weighted by Gasteiger charge is 2.20. The van der Waals surface area contributed by atoms with E-state index in [1.807, 2.05) is 66.9 Å². The molecule has 224 valence electrons. The number of fused-ring (bicyclic) bond motifs is 1. The van der Waals surface area contributed by atoms with E-state index in [2.05, 4.69) is 43.5 Å². The van der Waals surface area contributed by atoms with Crippen molar-refractivity contribution >= 4 is 33.5 Å². The third-order valence-corrected chi connectivity index (χ3v) is 8.36. The number of aryl methyl sites for hydroxylation is 1. The number of rotatable bonds is 13. The second-order valence-corrected chi connectivity index (χ2v) is 12.2. The molecule has 0 aliphatic rings. The molecule has 2 atom stereocenters. The maximum Gasteiger partial charge on any atom is 0.357 e. The largest absolute Gasteiger partial charge is 0.387 e. The van der Waals surface area contributed by atoms with Crippen LogP contribution in [0.1, 0.15) is 48.0 Å². The number of carbonyl (C=O) groups is 1. The third-order valence-electron chi connectivity index (χ3n) is 7.24. The van der Waals surface area contributed by atoms with Crippen LogP contribution in [0.2, 0.25) is 0 Å². The van der Waals surface area contributed by atoms with Gasteiger partial charge in [0.2, 0.25) is 0 Å². The van der Waals surface area contributed by atoms with Gasteiger partial charge in [0.05, 0.1) is 23.2 Å². The molecule has 1 amide bonds. The van der Waals surface area contributed by atoms with Crippen molar-refractivity contribution in [2.24, 2.45) is 0 Å². The first kappa shape index (κ1) is 30.0. The molecule has 5 N–H and O–H groups in total. The van der Waals surface area contributed by atoms with Crippen molar-refractivity contribution in [3.05, 3.63) is 118 Å². The first-order valence-corrected chi connectivity index (χ1v) is 15.1. The van der Waals surface area contributed by atoms with Crippen LogP contribution in [0.5, 0.6) is 0 Å². The Morgan fingerprint density at radius 2 is 1.86 bits per heavy atom. The first-order valence-electron chi connectivity index (χ1n) is 14.0. The van der Waals surface area contributed by atoms with Crippen molar-refractivity contribution in [2.75, 3.05) is 11.3 Å². The normalized spacial score (nSPS) is 13.1. The summed E-state index contributed by atoms with van der Waals surface area (Å²) in [5, 5.41) is 20.6. The first-order chi connectivity index (χ1) is 20.7. The molecule has 11 heteroatoms. The Morgan fingerprint density at radius 1 is 1.05 bits per heavy atom. The number of nitrogens with zero attached hydrogens (tertiary/aromatic N) is 1. The molecule has 3 aromatic carbocycles. The summed E-state index contributed by atoms with van der Waals surface area (Å²) in [6.45, 7) is 5.46. The number of aromatic amines is 1. The molecular weight excluding hydrogens is 566 g/mol. The van der Waals surface area contributed by atoms with E-state index in [9.17, 15) is 18.9 Å². The van der Waals surface area contributed by atoms with Crippen LogP contribution < -0.4 is 21.0 Å². The molecule has 5 aromatic rings. The number of hydrogen-bond donors (Lipinski definition) is 5. The van der Waals surface area contributed by atoms with E-state index in [-0.39, 0.29) is 18.0 Å². The summed E-state index contributed by atoms with van der Waals surface area (Å²) < 4.78 is 22.4. The molecular formula is C32H35N5O5S. The number of hydrogen-bond acceptors (Lipinski definition) is 6. The van der Waals surface area contributed by atoms with Gasteiger partial charge in [0.15, 0.2) is 0 Å². The molecule has 43 heavy (non-hydrogen) atoms. The Balaban J connectivity index is 1.13. The van der Waals surface area contributed by atoms with Crippen molar-refractivity contribution in [1.29, 1.82) is 0 Å². The minimum absolute atomic E-state index is 0.165. The van der Waals surface area contributed by atoms with Crippen molar-refractivity contribution in [3.63, 3.8) is 0 Å². The van der Waals surface area contributed by atoms with Gasteiger partial charge < -0.3 is 29.6 Å². The number of aliphatic hydroxyl groups excluding tert-OH is 1. The molecule has 0 radical (unpaired) electrons. The zero-order valence-corrected chi connectivity index (χ0v) is 24.8.